The van der Waals surface area contributed by atoms with Gasteiger partial charge in [0.15, 0.2) is 0 Å². The summed E-state index contributed by atoms with van der Waals surface area (Å²) < 4.78 is 13.5. The van der Waals surface area contributed by atoms with E-state index in [4.69, 9.17) is 0 Å². The van der Waals surface area contributed by atoms with Crippen molar-refractivity contribution in [2.24, 2.45) is 0 Å². The van der Waals surface area contributed by atoms with Gasteiger partial charge >= 0.3 is 0 Å². The third-order valence-electron chi connectivity index (χ3n) is 3.65. The molecule has 0 aromatic heterocycles. The zero-order valence-electron chi connectivity index (χ0n) is 12.0. The lowest BCUT2D eigenvalue weighted by Gasteiger charge is -2.33. The minimum atomic E-state index is -0.429. The smallest absolute Gasteiger partial charge is 0.247 e. The molecule has 1 aromatic rings. The summed E-state index contributed by atoms with van der Waals surface area (Å²) in [6.45, 7) is 0.554. The SMILES string of the molecule is CNC(=O)C1CCCCN1C(=O)C=Cc1ccccc1F. The van der Waals surface area contributed by atoms with Gasteiger partial charge in [-0.3, -0.25) is 9.59 Å². The Morgan fingerprint density at radius 1 is 1.33 bits per heavy atom. The predicted octanol–water partition coefficient (Wildman–Crippen LogP) is 1.97. The molecule has 1 aromatic carbocycles. The fourth-order valence-corrected chi connectivity index (χ4v) is 2.50. The minimum Gasteiger partial charge on any atom is -0.357 e. The number of carbonyl (C=O) groups is 2. The number of nitrogens with one attached hydrogen (secondary N) is 1. The fraction of sp³-hybridized carbons (Fsp3) is 0.375. The maximum atomic E-state index is 13.5. The molecule has 1 aliphatic heterocycles. The Kier molecular flexibility index (Phi) is 5.09. The molecule has 5 heteroatoms. The maximum absolute atomic E-state index is 13.5. The van der Waals surface area contributed by atoms with Crippen molar-refractivity contribution in [3.63, 3.8) is 0 Å². The van der Waals surface area contributed by atoms with Gasteiger partial charge in [-0.05, 0) is 31.4 Å². The molecule has 0 saturated carbocycles. The van der Waals surface area contributed by atoms with Gasteiger partial charge in [0.2, 0.25) is 11.8 Å². The molecule has 1 unspecified atom stereocenters. The van der Waals surface area contributed by atoms with E-state index in [1.165, 1.54) is 18.2 Å². The number of benzene rings is 1. The van der Waals surface area contributed by atoms with Gasteiger partial charge in [0.25, 0.3) is 0 Å². The van der Waals surface area contributed by atoms with Crippen LogP contribution in [-0.2, 0) is 9.59 Å². The first-order chi connectivity index (χ1) is 10.1. The van der Waals surface area contributed by atoms with Gasteiger partial charge in [-0.25, -0.2) is 4.39 Å². The molecule has 0 radical (unpaired) electrons. The highest BCUT2D eigenvalue weighted by molar-refractivity contribution is 5.95. The Bertz CT molecular complexity index is 557. The molecule has 112 valence electrons. The van der Waals surface area contributed by atoms with E-state index < -0.39 is 6.04 Å². The van der Waals surface area contributed by atoms with Crippen LogP contribution in [0.15, 0.2) is 30.3 Å². The lowest BCUT2D eigenvalue weighted by atomic mass is 10.0. The zero-order chi connectivity index (χ0) is 15.2. The first kappa shape index (κ1) is 15.2. The molecule has 1 saturated heterocycles. The van der Waals surface area contributed by atoms with E-state index in [1.807, 2.05) is 0 Å². The van der Waals surface area contributed by atoms with Crippen LogP contribution in [-0.4, -0.2) is 36.3 Å². The summed E-state index contributed by atoms with van der Waals surface area (Å²) in [7, 11) is 1.56. The van der Waals surface area contributed by atoms with Crippen LogP contribution >= 0.6 is 0 Å². The van der Waals surface area contributed by atoms with Gasteiger partial charge in [0.1, 0.15) is 11.9 Å². The number of hydrogen-bond donors (Lipinski definition) is 1. The highest BCUT2D eigenvalue weighted by Gasteiger charge is 2.30. The molecule has 1 aliphatic rings. The summed E-state index contributed by atoms with van der Waals surface area (Å²) in [6.07, 6.45) is 5.26. The van der Waals surface area contributed by atoms with Crippen LogP contribution in [0.25, 0.3) is 6.08 Å². The van der Waals surface area contributed by atoms with Gasteiger partial charge in [0.05, 0.1) is 0 Å². The third kappa shape index (κ3) is 3.68. The molecule has 0 bridgehead atoms. The van der Waals surface area contributed by atoms with Gasteiger partial charge in [-0.1, -0.05) is 18.2 Å². The Morgan fingerprint density at radius 3 is 2.81 bits per heavy atom. The van der Waals surface area contributed by atoms with Crippen molar-refractivity contribution in [2.75, 3.05) is 13.6 Å². The molecule has 2 amide bonds. The van der Waals surface area contributed by atoms with Crippen LogP contribution in [0.4, 0.5) is 4.39 Å². The van der Waals surface area contributed by atoms with Crippen LogP contribution in [0.5, 0.6) is 0 Å². The number of amides is 2. The molecule has 0 spiro atoms. The quantitative estimate of drug-likeness (QED) is 0.865. The minimum absolute atomic E-state index is 0.151. The highest BCUT2D eigenvalue weighted by atomic mass is 19.1. The van der Waals surface area contributed by atoms with Crippen molar-refractivity contribution in [3.8, 4) is 0 Å². The predicted molar refractivity (Wildman–Crippen MR) is 78.9 cm³/mol. The highest BCUT2D eigenvalue weighted by Crippen LogP contribution is 2.18. The van der Waals surface area contributed by atoms with Crippen molar-refractivity contribution >= 4 is 17.9 Å². The van der Waals surface area contributed by atoms with Crippen LogP contribution in [0, 0.1) is 5.82 Å². The Morgan fingerprint density at radius 2 is 2.10 bits per heavy atom. The molecular weight excluding hydrogens is 271 g/mol. The summed E-state index contributed by atoms with van der Waals surface area (Å²) in [4.78, 5) is 25.6. The number of nitrogens with zero attached hydrogens (tertiary/aromatic N) is 1. The van der Waals surface area contributed by atoms with E-state index in [0.29, 0.717) is 18.5 Å². The molecule has 0 aliphatic carbocycles. The van der Waals surface area contributed by atoms with Crippen LogP contribution in [0.1, 0.15) is 24.8 Å². The first-order valence-corrected chi connectivity index (χ1v) is 7.08. The zero-order valence-corrected chi connectivity index (χ0v) is 12.0. The summed E-state index contributed by atoms with van der Waals surface area (Å²) in [5.41, 5.74) is 0.361. The second kappa shape index (κ2) is 7.02. The van der Waals surface area contributed by atoms with E-state index >= 15 is 0 Å². The number of likely N-dealkylation sites (tertiary alicyclic amines) is 1. The average Bonchev–Trinajstić information content (AvgIpc) is 2.53. The number of hydrogen-bond acceptors (Lipinski definition) is 2. The monoisotopic (exact) mass is 290 g/mol. The number of carbonyl (C=O) groups excluding carboxylic acids is 2. The summed E-state index contributed by atoms with van der Waals surface area (Å²) in [5.74, 6) is -0.781. The van der Waals surface area contributed by atoms with Crippen LogP contribution < -0.4 is 5.32 Å². The van der Waals surface area contributed by atoms with Crippen LogP contribution in [0.2, 0.25) is 0 Å². The molecule has 1 fully saturated rings. The number of rotatable bonds is 3. The molecule has 1 heterocycles. The summed E-state index contributed by atoms with van der Waals surface area (Å²) >= 11 is 0. The molecule has 4 nitrogen and oxygen atoms in total. The Balaban J connectivity index is 2.11. The van der Waals surface area contributed by atoms with Crippen molar-refractivity contribution in [1.82, 2.24) is 10.2 Å². The standard InChI is InChI=1S/C16H19FN2O2/c1-18-16(21)14-8-4-5-11-19(14)15(20)10-9-12-6-2-3-7-13(12)17/h2-3,6-7,9-10,14H,4-5,8,11H2,1H3,(H,18,21). The van der Waals surface area contributed by atoms with E-state index in [-0.39, 0.29) is 17.6 Å². The van der Waals surface area contributed by atoms with Gasteiger partial charge in [-0.2, -0.15) is 0 Å². The van der Waals surface area contributed by atoms with Gasteiger partial charge < -0.3 is 10.2 Å². The number of likely N-dealkylation sites (N-methyl/N-ethyl adjacent to an activating group) is 1. The lowest BCUT2D eigenvalue weighted by molar-refractivity contribution is -0.138. The van der Waals surface area contributed by atoms with E-state index in [1.54, 1.807) is 30.1 Å². The lowest BCUT2D eigenvalue weighted by Crippen LogP contribution is -2.50. The number of halogens is 1. The van der Waals surface area contributed by atoms with Crippen LogP contribution in [0.3, 0.4) is 0 Å². The molecule has 2 rings (SSSR count). The largest absolute Gasteiger partial charge is 0.357 e. The Labute approximate surface area is 123 Å². The van der Waals surface area contributed by atoms with Crippen molar-refractivity contribution in [3.05, 3.63) is 41.7 Å². The average molecular weight is 290 g/mol. The van der Waals surface area contributed by atoms with Crippen molar-refractivity contribution in [2.45, 2.75) is 25.3 Å². The molecular formula is C16H19FN2O2. The van der Waals surface area contributed by atoms with E-state index in [9.17, 15) is 14.0 Å². The second-order valence-corrected chi connectivity index (χ2v) is 5.01. The summed E-state index contributed by atoms with van der Waals surface area (Å²) in [6, 6.07) is 5.83. The maximum Gasteiger partial charge on any atom is 0.247 e. The van der Waals surface area contributed by atoms with Crippen molar-refractivity contribution in [1.29, 1.82) is 0 Å². The Hall–Kier alpha value is -2.17. The van der Waals surface area contributed by atoms with E-state index in [0.717, 1.165) is 12.8 Å². The van der Waals surface area contributed by atoms with Crippen molar-refractivity contribution < 1.29 is 14.0 Å². The topological polar surface area (TPSA) is 49.4 Å². The third-order valence-corrected chi connectivity index (χ3v) is 3.65. The first-order valence-electron chi connectivity index (χ1n) is 7.08. The fourth-order valence-electron chi connectivity index (χ4n) is 2.50. The normalized spacial score (nSPS) is 18.8. The summed E-state index contributed by atoms with van der Waals surface area (Å²) in [5, 5.41) is 2.59. The molecule has 1 atom stereocenters. The molecule has 1 N–H and O–H groups in total. The second-order valence-electron chi connectivity index (χ2n) is 5.01. The number of piperidine rings is 1. The molecule has 21 heavy (non-hydrogen) atoms. The van der Waals surface area contributed by atoms with E-state index in [2.05, 4.69) is 5.32 Å². The van der Waals surface area contributed by atoms with Gasteiger partial charge in [-0.15, -0.1) is 0 Å². The van der Waals surface area contributed by atoms with Gasteiger partial charge in [0, 0.05) is 25.2 Å².